The minimum atomic E-state index is -0.787. The van der Waals surface area contributed by atoms with Crippen LogP contribution >= 0.6 is 8.38 Å². The highest BCUT2D eigenvalue weighted by atomic mass is 31.2. The first-order valence-electron chi connectivity index (χ1n) is 4.29. The van der Waals surface area contributed by atoms with Gasteiger partial charge in [-0.2, -0.15) is 0 Å². The van der Waals surface area contributed by atoms with E-state index in [0.717, 1.165) is 11.9 Å². The van der Waals surface area contributed by atoms with E-state index in [2.05, 4.69) is 0 Å². The second-order valence-corrected chi connectivity index (χ2v) is 4.42. The highest BCUT2D eigenvalue weighted by Crippen LogP contribution is 2.40. The van der Waals surface area contributed by atoms with Gasteiger partial charge in [-0.1, -0.05) is 12.1 Å². The second-order valence-electron chi connectivity index (χ2n) is 2.70. The normalized spacial score (nSPS) is 10.6. The van der Waals surface area contributed by atoms with E-state index in [1.54, 1.807) is 21.3 Å². The summed E-state index contributed by atoms with van der Waals surface area (Å²) in [5.41, 5.74) is 1.20. The predicted octanol–water partition coefficient (Wildman–Crippen LogP) is 2.80. The van der Waals surface area contributed by atoms with Crippen molar-refractivity contribution in [2.45, 2.75) is 6.16 Å². The lowest BCUT2D eigenvalue weighted by atomic mass is 10.2. The Kier molecular flexibility index (Phi) is 4.88. The monoisotopic (exact) mass is 214 g/mol. The Labute approximate surface area is 85.9 Å². The molecule has 0 amide bonds. The molecular formula is C10H15O3P. The van der Waals surface area contributed by atoms with E-state index in [4.69, 9.17) is 13.8 Å². The van der Waals surface area contributed by atoms with Crippen LogP contribution in [0.5, 0.6) is 5.75 Å². The lowest BCUT2D eigenvalue weighted by Crippen LogP contribution is -1.89. The average Bonchev–Trinajstić information content (AvgIpc) is 2.26. The topological polar surface area (TPSA) is 27.7 Å². The molecular weight excluding hydrogens is 199 g/mol. The van der Waals surface area contributed by atoms with Gasteiger partial charge in [0.25, 0.3) is 0 Å². The van der Waals surface area contributed by atoms with Crippen molar-refractivity contribution in [1.29, 1.82) is 0 Å². The van der Waals surface area contributed by atoms with Gasteiger partial charge in [0.1, 0.15) is 5.75 Å². The first-order chi connectivity index (χ1) is 6.80. The minimum Gasteiger partial charge on any atom is -0.497 e. The van der Waals surface area contributed by atoms with Crippen molar-refractivity contribution in [3.63, 3.8) is 0 Å². The Morgan fingerprint density at radius 3 is 2.00 bits per heavy atom. The number of ether oxygens (including phenoxy) is 1. The van der Waals surface area contributed by atoms with Crippen molar-refractivity contribution in [3.8, 4) is 5.75 Å². The maximum atomic E-state index is 5.17. The van der Waals surface area contributed by atoms with Crippen LogP contribution in [0.4, 0.5) is 0 Å². The third-order valence-corrected chi connectivity index (χ3v) is 3.32. The van der Waals surface area contributed by atoms with Crippen LogP contribution in [-0.4, -0.2) is 21.3 Å². The van der Waals surface area contributed by atoms with Crippen molar-refractivity contribution in [1.82, 2.24) is 0 Å². The van der Waals surface area contributed by atoms with Crippen LogP contribution in [0.3, 0.4) is 0 Å². The highest BCUT2D eigenvalue weighted by molar-refractivity contribution is 7.46. The van der Waals surface area contributed by atoms with Gasteiger partial charge in [0.15, 0.2) is 8.38 Å². The third kappa shape index (κ3) is 3.26. The van der Waals surface area contributed by atoms with E-state index in [9.17, 15) is 0 Å². The molecule has 3 nitrogen and oxygen atoms in total. The van der Waals surface area contributed by atoms with Gasteiger partial charge < -0.3 is 13.8 Å². The molecule has 0 N–H and O–H groups in total. The Hall–Kier alpha value is -0.630. The third-order valence-electron chi connectivity index (χ3n) is 1.88. The fraction of sp³-hybridized carbons (Fsp3) is 0.400. The first-order valence-corrected chi connectivity index (χ1v) is 5.65. The van der Waals surface area contributed by atoms with Gasteiger partial charge in [-0.3, -0.25) is 0 Å². The van der Waals surface area contributed by atoms with Gasteiger partial charge in [0.2, 0.25) is 0 Å². The molecule has 0 fully saturated rings. The molecule has 1 aromatic rings. The van der Waals surface area contributed by atoms with Crippen LogP contribution in [0.2, 0.25) is 0 Å². The van der Waals surface area contributed by atoms with Crippen molar-refractivity contribution in [2.75, 3.05) is 21.3 Å². The molecule has 0 saturated carbocycles. The summed E-state index contributed by atoms with van der Waals surface area (Å²) in [6.07, 6.45) is 0.812. The number of benzene rings is 1. The van der Waals surface area contributed by atoms with Gasteiger partial charge in [-0.25, -0.2) is 0 Å². The fourth-order valence-corrected chi connectivity index (χ4v) is 2.00. The summed E-state index contributed by atoms with van der Waals surface area (Å²) >= 11 is 0. The molecule has 0 aliphatic rings. The molecule has 78 valence electrons. The summed E-state index contributed by atoms with van der Waals surface area (Å²) in [7, 11) is 4.20. The Morgan fingerprint density at radius 2 is 1.57 bits per heavy atom. The zero-order chi connectivity index (χ0) is 10.4. The number of hydrogen-bond acceptors (Lipinski definition) is 3. The van der Waals surface area contributed by atoms with E-state index in [1.807, 2.05) is 24.3 Å². The minimum absolute atomic E-state index is 0.787. The number of methoxy groups -OCH3 is 1. The van der Waals surface area contributed by atoms with Crippen molar-refractivity contribution in [3.05, 3.63) is 29.8 Å². The van der Waals surface area contributed by atoms with E-state index >= 15 is 0 Å². The SMILES string of the molecule is COc1ccc(CP(OC)OC)cc1. The second kappa shape index (κ2) is 5.97. The summed E-state index contributed by atoms with van der Waals surface area (Å²) in [6.45, 7) is 0. The van der Waals surface area contributed by atoms with Crippen LogP contribution in [0.25, 0.3) is 0 Å². The predicted molar refractivity (Wildman–Crippen MR) is 57.6 cm³/mol. The molecule has 0 atom stereocenters. The molecule has 0 aromatic heterocycles. The molecule has 0 unspecified atom stereocenters. The molecule has 0 radical (unpaired) electrons. The first kappa shape index (κ1) is 11.4. The Balaban J connectivity index is 2.58. The van der Waals surface area contributed by atoms with E-state index < -0.39 is 8.38 Å². The van der Waals surface area contributed by atoms with Crippen LogP contribution in [0, 0.1) is 0 Å². The fourth-order valence-electron chi connectivity index (χ4n) is 1.08. The van der Waals surface area contributed by atoms with Gasteiger partial charge in [-0.05, 0) is 17.7 Å². The Bertz CT molecular complexity index is 257. The van der Waals surface area contributed by atoms with Crippen molar-refractivity contribution < 1.29 is 13.8 Å². The van der Waals surface area contributed by atoms with E-state index in [1.165, 1.54) is 5.56 Å². The summed E-state index contributed by atoms with van der Waals surface area (Å²) in [5, 5.41) is 0. The van der Waals surface area contributed by atoms with Gasteiger partial charge in [0, 0.05) is 20.4 Å². The standard InChI is InChI=1S/C10H15O3P/c1-11-10-6-4-9(5-7-10)8-14(12-2)13-3/h4-7H,8H2,1-3H3. The van der Waals surface area contributed by atoms with Gasteiger partial charge >= 0.3 is 0 Å². The molecule has 0 bridgehead atoms. The summed E-state index contributed by atoms with van der Waals surface area (Å²) in [4.78, 5) is 0. The molecule has 0 aliphatic heterocycles. The maximum Gasteiger partial charge on any atom is 0.174 e. The molecule has 0 aliphatic carbocycles. The summed E-state index contributed by atoms with van der Waals surface area (Å²) < 4.78 is 15.4. The average molecular weight is 214 g/mol. The van der Waals surface area contributed by atoms with E-state index in [-0.39, 0.29) is 0 Å². The lowest BCUT2D eigenvalue weighted by molar-refractivity contribution is 0.339. The molecule has 1 rings (SSSR count). The quantitative estimate of drug-likeness (QED) is 0.705. The van der Waals surface area contributed by atoms with Crippen LogP contribution < -0.4 is 4.74 Å². The maximum absolute atomic E-state index is 5.17. The van der Waals surface area contributed by atoms with Crippen LogP contribution in [-0.2, 0) is 15.2 Å². The van der Waals surface area contributed by atoms with Gasteiger partial charge in [-0.15, -0.1) is 0 Å². The highest BCUT2D eigenvalue weighted by Gasteiger charge is 2.07. The summed E-state index contributed by atoms with van der Waals surface area (Å²) in [5.74, 6) is 0.868. The molecule has 0 saturated heterocycles. The summed E-state index contributed by atoms with van der Waals surface area (Å²) in [6, 6.07) is 7.92. The number of hydrogen-bond donors (Lipinski definition) is 0. The smallest absolute Gasteiger partial charge is 0.174 e. The Morgan fingerprint density at radius 1 is 1.00 bits per heavy atom. The molecule has 4 heteroatoms. The lowest BCUT2D eigenvalue weighted by Gasteiger charge is -2.11. The van der Waals surface area contributed by atoms with Gasteiger partial charge in [0.05, 0.1) is 7.11 Å². The zero-order valence-electron chi connectivity index (χ0n) is 8.69. The van der Waals surface area contributed by atoms with Crippen LogP contribution in [0.15, 0.2) is 24.3 Å². The molecule has 0 spiro atoms. The van der Waals surface area contributed by atoms with E-state index in [0.29, 0.717) is 0 Å². The molecule has 14 heavy (non-hydrogen) atoms. The molecule has 0 heterocycles. The molecule has 1 aromatic carbocycles. The largest absolute Gasteiger partial charge is 0.497 e. The van der Waals surface area contributed by atoms with Crippen molar-refractivity contribution in [2.24, 2.45) is 0 Å². The number of rotatable bonds is 5. The van der Waals surface area contributed by atoms with Crippen LogP contribution in [0.1, 0.15) is 5.56 Å². The zero-order valence-corrected chi connectivity index (χ0v) is 9.58. The van der Waals surface area contributed by atoms with Crippen molar-refractivity contribution >= 4 is 8.38 Å².